The number of hydrogen-bond acceptors (Lipinski definition) is 2. The Morgan fingerprint density at radius 2 is 1.10 bits per heavy atom. The van der Waals surface area contributed by atoms with Crippen molar-refractivity contribution in [3.8, 4) is 0 Å². The van der Waals surface area contributed by atoms with Gasteiger partial charge in [-0.25, -0.2) is 0 Å². The van der Waals surface area contributed by atoms with Gasteiger partial charge in [-0.15, -0.1) is 0 Å². The van der Waals surface area contributed by atoms with Crippen LogP contribution in [0.4, 0.5) is 0 Å². The van der Waals surface area contributed by atoms with Gasteiger partial charge in [0.15, 0.2) is 12.6 Å². The highest BCUT2D eigenvalue weighted by atomic mass is 79.9. The molecule has 0 aliphatic heterocycles. The van der Waals surface area contributed by atoms with Crippen molar-refractivity contribution in [2.24, 2.45) is 0 Å². The lowest BCUT2D eigenvalue weighted by molar-refractivity contribution is 0.111. The Morgan fingerprint density at radius 3 is 1.35 bits per heavy atom. The topological polar surface area (TPSA) is 34.1 Å². The lowest BCUT2D eigenvalue weighted by Crippen LogP contribution is -1.80. The first-order valence-electron chi connectivity index (χ1n) is 5.28. The van der Waals surface area contributed by atoms with Crippen LogP contribution in [0.3, 0.4) is 0 Å². The smallest absolute Gasteiger partial charge is 0.151 e. The molecule has 2 rings (SSSR count). The van der Waals surface area contributed by atoms with E-state index in [9.17, 15) is 9.59 Å². The zero-order valence-electron chi connectivity index (χ0n) is 9.95. The molecule has 0 aliphatic carbocycles. The van der Waals surface area contributed by atoms with Crippen molar-refractivity contribution < 1.29 is 9.59 Å². The predicted molar refractivity (Wildman–Crippen MR) is 89.1 cm³/mol. The molecule has 0 bridgehead atoms. The molecule has 0 fully saturated rings. The van der Waals surface area contributed by atoms with E-state index >= 15 is 0 Å². The van der Waals surface area contributed by atoms with E-state index in [-0.39, 0.29) is 0 Å². The van der Waals surface area contributed by atoms with Gasteiger partial charge in [-0.2, -0.15) is 0 Å². The molecule has 0 heterocycles. The number of rotatable bonds is 2. The lowest BCUT2D eigenvalue weighted by atomic mass is 10.2. The summed E-state index contributed by atoms with van der Waals surface area (Å²) in [5.41, 5.74) is 1.15. The van der Waals surface area contributed by atoms with Crippen LogP contribution in [0.25, 0.3) is 0 Å². The number of carbonyl (C=O) groups excluding carboxylic acids is 2. The van der Waals surface area contributed by atoms with E-state index < -0.39 is 0 Å². The summed E-state index contributed by atoms with van der Waals surface area (Å²) >= 11 is 17.6. The standard InChI is InChI=1S/2C7H4BrClO/c2*8-7-2-1-6(9)3-5(7)4-10/h2*1-4H. The van der Waals surface area contributed by atoms with Crippen molar-refractivity contribution in [3.63, 3.8) is 0 Å². The summed E-state index contributed by atoms with van der Waals surface area (Å²) in [6, 6.07) is 10.1. The van der Waals surface area contributed by atoms with Crippen molar-refractivity contribution in [2.45, 2.75) is 0 Å². The summed E-state index contributed by atoms with van der Waals surface area (Å²) in [6.45, 7) is 0. The molecule has 6 heteroatoms. The van der Waals surface area contributed by atoms with E-state index in [1.165, 1.54) is 0 Å². The summed E-state index contributed by atoms with van der Waals surface area (Å²) in [5.74, 6) is 0. The zero-order valence-corrected chi connectivity index (χ0v) is 14.6. The van der Waals surface area contributed by atoms with Gasteiger partial charge in [0.05, 0.1) is 0 Å². The monoisotopic (exact) mass is 436 g/mol. The molecule has 0 radical (unpaired) electrons. The summed E-state index contributed by atoms with van der Waals surface area (Å²) in [6.07, 6.45) is 1.52. The number of benzene rings is 2. The van der Waals surface area contributed by atoms with Gasteiger partial charge < -0.3 is 0 Å². The molecule has 0 amide bonds. The van der Waals surface area contributed by atoms with Gasteiger partial charge in [0.25, 0.3) is 0 Å². The molecular formula is C14H8Br2Cl2O2. The second-order valence-corrected chi connectivity index (χ2v) is 6.15. The van der Waals surface area contributed by atoms with Crippen LogP contribution >= 0.6 is 55.1 Å². The highest BCUT2D eigenvalue weighted by Gasteiger charge is 1.97. The van der Waals surface area contributed by atoms with Crippen LogP contribution in [0.15, 0.2) is 45.3 Å². The molecule has 0 aromatic heterocycles. The largest absolute Gasteiger partial charge is 0.298 e. The molecule has 0 aliphatic rings. The zero-order chi connectivity index (χ0) is 15.1. The highest BCUT2D eigenvalue weighted by molar-refractivity contribution is 9.10. The third-order valence-electron chi connectivity index (χ3n) is 2.17. The average molecular weight is 439 g/mol. The van der Waals surface area contributed by atoms with Crippen LogP contribution in [0.2, 0.25) is 10.0 Å². The van der Waals surface area contributed by atoms with E-state index in [0.29, 0.717) is 21.2 Å². The second kappa shape index (κ2) is 8.57. The maximum Gasteiger partial charge on any atom is 0.151 e. The molecule has 20 heavy (non-hydrogen) atoms. The summed E-state index contributed by atoms with van der Waals surface area (Å²) in [5, 5.41) is 1.15. The minimum atomic E-state index is 0.574. The normalized spacial score (nSPS) is 9.40. The van der Waals surface area contributed by atoms with Crippen LogP contribution < -0.4 is 0 Å². The molecule has 0 saturated heterocycles. The predicted octanol–water partition coefficient (Wildman–Crippen LogP) is 5.83. The number of halogens is 4. The maximum absolute atomic E-state index is 10.3. The van der Waals surface area contributed by atoms with Gasteiger partial charge in [-0.1, -0.05) is 55.1 Å². The first-order chi connectivity index (χ1) is 9.47. The Bertz CT molecular complexity index is 575. The molecule has 2 aromatic rings. The van der Waals surface area contributed by atoms with Gasteiger partial charge in [0.2, 0.25) is 0 Å². The van der Waals surface area contributed by atoms with Gasteiger partial charge in [-0.3, -0.25) is 9.59 Å². The Morgan fingerprint density at radius 1 is 0.750 bits per heavy atom. The fourth-order valence-electron chi connectivity index (χ4n) is 1.21. The quantitative estimate of drug-likeness (QED) is 0.553. The third-order valence-corrected chi connectivity index (χ3v) is 4.08. The Balaban J connectivity index is 0.000000200. The molecular weight excluding hydrogens is 431 g/mol. The molecule has 0 atom stereocenters. The third kappa shape index (κ3) is 5.37. The summed E-state index contributed by atoms with van der Waals surface area (Å²) in [4.78, 5) is 20.6. The number of carbonyl (C=O) groups is 2. The molecule has 0 spiro atoms. The van der Waals surface area contributed by atoms with Crippen LogP contribution in [0, 0.1) is 0 Å². The Labute approximate surface area is 143 Å². The van der Waals surface area contributed by atoms with Crippen molar-refractivity contribution in [1.82, 2.24) is 0 Å². The Hall–Kier alpha value is -0.680. The van der Waals surface area contributed by atoms with Crippen LogP contribution in [-0.4, -0.2) is 12.6 Å². The molecule has 0 N–H and O–H groups in total. The van der Waals surface area contributed by atoms with E-state index in [1.807, 2.05) is 0 Å². The fourth-order valence-corrected chi connectivity index (χ4v) is 2.25. The first kappa shape index (κ1) is 17.4. The van der Waals surface area contributed by atoms with Crippen molar-refractivity contribution in [2.75, 3.05) is 0 Å². The van der Waals surface area contributed by atoms with Crippen molar-refractivity contribution in [1.29, 1.82) is 0 Å². The molecule has 0 unspecified atom stereocenters. The van der Waals surface area contributed by atoms with Gasteiger partial charge in [-0.05, 0) is 36.4 Å². The number of aldehydes is 2. The van der Waals surface area contributed by atoms with Gasteiger partial charge in [0.1, 0.15) is 0 Å². The lowest BCUT2D eigenvalue weighted by Gasteiger charge is -1.94. The summed E-state index contributed by atoms with van der Waals surface area (Å²) in [7, 11) is 0. The maximum atomic E-state index is 10.3. The van der Waals surface area contributed by atoms with E-state index in [4.69, 9.17) is 23.2 Å². The highest BCUT2D eigenvalue weighted by Crippen LogP contribution is 2.19. The second-order valence-electron chi connectivity index (χ2n) is 3.57. The van der Waals surface area contributed by atoms with E-state index in [1.54, 1.807) is 36.4 Å². The van der Waals surface area contributed by atoms with Crippen LogP contribution in [0.5, 0.6) is 0 Å². The van der Waals surface area contributed by atoms with E-state index in [0.717, 1.165) is 21.5 Å². The van der Waals surface area contributed by atoms with Gasteiger partial charge >= 0.3 is 0 Å². The van der Waals surface area contributed by atoms with E-state index in [2.05, 4.69) is 31.9 Å². The molecule has 0 saturated carbocycles. The molecule has 2 aromatic carbocycles. The van der Waals surface area contributed by atoms with Crippen LogP contribution in [-0.2, 0) is 0 Å². The summed E-state index contributed by atoms with van der Waals surface area (Å²) < 4.78 is 1.54. The Kier molecular flexibility index (Phi) is 7.45. The average Bonchev–Trinajstić information content (AvgIpc) is 2.44. The minimum Gasteiger partial charge on any atom is -0.298 e. The van der Waals surface area contributed by atoms with Crippen molar-refractivity contribution in [3.05, 3.63) is 66.5 Å². The van der Waals surface area contributed by atoms with Gasteiger partial charge in [0, 0.05) is 30.1 Å². The van der Waals surface area contributed by atoms with Crippen molar-refractivity contribution >= 4 is 67.6 Å². The molecule has 104 valence electrons. The number of hydrogen-bond donors (Lipinski definition) is 0. The SMILES string of the molecule is O=Cc1cc(Cl)ccc1Br.O=Cc1cc(Cl)ccc1Br. The first-order valence-corrected chi connectivity index (χ1v) is 7.62. The molecule has 2 nitrogen and oxygen atoms in total. The van der Waals surface area contributed by atoms with Crippen LogP contribution in [0.1, 0.15) is 20.7 Å². The minimum absolute atomic E-state index is 0.574. The fraction of sp³-hybridized carbons (Fsp3) is 0.